The molecule has 19 heavy (non-hydrogen) atoms. The number of halogens is 1. The Morgan fingerprint density at radius 2 is 2.32 bits per heavy atom. The second kappa shape index (κ2) is 5.75. The van der Waals surface area contributed by atoms with E-state index in [-0.39, 0.29) is 10.6 Å². The lowest BCUT2D eigenvalue weighted by molar-refractivity contribution is 0.625. The Bertz CT molecular complexity index is 596. The molecule has 0 bridgehead atoms. The molecule has 3 N–H and O–H groups in total. The van der Waals surface area contributed by atoms with Gasteiger partial charge in [0.05, 0.1) is 6.54 Å². The third-order valence-electron chi connectivity index (χ3n) is 2.72. The van der Waals surface area contributed by atoms with Crippen molar-refractivity contribution in [3.8, 4) is 0 Å². The minimum Gasteiger partial charge on any atom is -0.389 e. The van der Waals surface area contributed by atoms with Crippen molar-refractivity contribution < 1.29 is 4.39 Å². The molecular formula is C12H14FN5S. The second-order valence-corrected chi connectivity index (χ2v) is 4.39. The molecule has 5 nitrogen and oxygen atoms in total. The number of rotatable bonds is 5. The highest BCUT2D eigenvalue weighted by atomic mass is 32.1. The lowest BCUT2D eigenvalue weighted by Gasteiger charge is -2.08. The minimum atomic E-state index is -0.436. The smallest absolute Gasteiger partial charge is 0.152 e. The van der Waals surface area contributed by atoms with Gasteiger partial charge in [0.25, 0.3) is 0 Å². The van der Waals surface area contributed by atoms with Crippen molar-refractivity contribution in [2.75, 3.05) is 5.32 Å². The lowest BCUT2D eigenvalue weighted by Crippen LogP contribution is -2.12. The van der Waals surface area contributed by atoms with E-state index >= 15 is 0 Å². The fraction of sp³-hybridized carbons (Fsp3) is 0.250. The third-order valence-corrected chi connectivity index (χ3v) is 2.94. The van der Waals surface area contributed by atoms with E-state index in [0.29, 0.717) is 12.2 Å². The predicted molar refractivity (Wildman–Crippen MR) is 75.3 cm³/mol. The molecule has 0 saturated heterocycles. The summed E-state index contributed by atoms with van der Waals surface area (Å²) in [6.45, 7) is 3.27. The van der Waals surface area contributed by atoms with Crippen LogP contribution in [0.3, 0.4) is 0 Å². The van der Waals surface area contributed by atoms with Crippen LogP contribution in [0.25, 0.3) is 0 Å². The standard InChI is InChI=1S/C12H14FN5S/c1-2-18-7-16-17-11(18)6-15-8-3-4-9(12(14)19)10(13)5-8/h3-5,7,15H,2,6H2,1H3,(H2,14,19). The zero-order valence-electron chi connectivity index (χ0n) is 10.4. The fourth-order valence-electron chi connectivity index (χ4n) is 1.69. The quantitative estimate of drug-likeness (QED) is 0.815. The molecule has 7 heteroatoms. The molecule has 100 valence electrons. The number of nitrogens with two attached hydrogens (primary N) is 1. The number of aryl methyl sites for hydroxylation is 1. The molecule has 0 amide bonds. The van der Waals surface area contributed by atoms with Crippen molar-refractivity contribution in [1.29, 1.82) is 0 Å². The molecule has 1 heterocycles. The van der Waals surface area contributed by atoms with Gasteiger partial charge in [-0.15, -0.1) is 10.2 Å². The van der Waals surface area contributed by atoms with Crippen LogP contribution in [0, 0.1) is 5.82 Å². The van der Waals surface area contributed by atoms with Crippen LogP contribution in [0.1, 0.15) is 18.3 Å². The number of nitrogens with one attached hydrogen (secondary N) is 1. The van der Waals surface area contributed by atoms with E-state index in [1.54, 1.807) is 18.5 Å². The van der Waals surface area contributed by atoms with E-state index in [4.69, 9.17) is 18.0 Å². The molecule has 0 radical (unpaired) electrons. The summed E-state index contributed by atoms with van der Waals surface area (Å²) in [5.41, 5.74) is 6.29. The highest BCUT2D eigenvalue weighted by Crippen LogP contribution is 2.15. The molecule has 1 aromatic heterocycles. The van der Waals surface area contributed by atoms with E-state index in [1.165, 1.54) is 6.07 Å². The molecular weight excluding hydrogens is 265 g/mol. The van der Waals surface area contributed by atoms with Crippen LogP contribution in [0.4, 0.5) is 10.1 Å². The van der Waals surface area contributed by atoms with Crippen molar-refractivity contribution in [2.45, 2.75) is 20.0 Å². The van der Waals surface area contributed by atoms with E-state index in [1.807, 2.05) is 11.5 Å². The Kier molecular flexibility index (Phi) is 4.06. The van der Waals surface area contributed by atoms with Crippen LogP contribution in [0.15, 0.2) is 24.5 Å². The molecule has 1 aromatic carbocycles. The molecule has 2 aromatic rings. The molecule has 0 aliphatic heterocycles. The van der Waals surface area contributed by atoms with Gasteiger partial charge in [-0.25, -0.2) is 4.39 Å². The highest BCUT2D eigenvalue weighted by molar-refractivity contribution is 7.80. The van der Waals surface area contributed by atoms with Crippen LogP contribution in [-0.4, -0.2) is 19.8 Å². The van der Waals surface area contributed by atoms with Gasteiger partial charge in [0.2, 0.25) is 0 Å². The van der Waals surface area contributed by atoms with Crippen LogP contribution in [0.5, 0.6) is 0 Å². The van der Waals surface area contributed by atoms with Gasteiger partial charge in [-0.3, -0.25) is 0 Å². The molecule has 0 fully saturated rings. The zero-order chi connectivity index (χ0) is 13.8. The van der Waals surface area contributed by atoms with Gasteiger partial charge in [0.15, 0.2) is 5.82 Å². The van der Waals surface area contributed by atoms with Gasteiger partial charge in [0, 0.05) is 17.8 Å². The highest BCUT2D eigenvalue weighted by Gasteiger charge is 2.07. The average molecular weight is 279 g/mol. The SMILES string of the molecule is CCn1cnnc1CNc1ccc(C(N)=S)c(F)c1. The number of hydrogen-bond acceptors (Lipinski definition) is 4. The number of nitrogens with zero attached hydrogens (tertiary/aromatic N) is 3. The first-order chi connectivity index (χ1) is 9.11. The Morgan fingerprint density at radius 1 is 1.53 bits per heavy atom. The van der Waals surface area contributed by atoms with Crippen molar-refractivity contribution in [2.24, 2.45) is 5.73 Å². The van der Waals surface area contributed by atoms with Crippen LogP contribution >= 0.6 is 12.2 Å². The number of anilines is 1. The zero-order valence-corrected chi connectivity index (χ0v) is 11.2. The summed E-state index contributed by atoms with van der Waals surface area (Å²) in [5, 5.41) is 10.9. The fourth-order valence-corrected chi connectivity index (χ4v) is 1.85. The number of thiocarbonyl (C=S) groups is 1. The van der Waals surface area contributed by atoms with Gasteiger partial charge in [0.1, 0.15) is 17.1 Å². The summed E-state index contributed by atoms with van der Waals surface area (Å²) in [6.07, 6.45) is 1.66. The first kappa shape index (κ1) is 13.4. The Labute approximate surface area is 115 Å². The maximum absolute atomic E-state index is 13.7. The monoisotopic (exact) mass is 279 g/mol. The first-order valence-electron chi connectivity index (χ1n) is 5.81. The summed E-state index contributed by atoms with van der Waals surface area (Å²) < 4.78 is 15.6. The largest absolute Gasteiger partial charge is 0.389 e. The predicted octanol–water partition coefficient (Wildman–Crippen LogP) is 1.68. The number of aromatic nitrogens is 3. The summed E-state index contributed by atoms with van der Waals surface area (Å²) in [4.78, 5) is 0.0507. The Balaban J connectivity index is 2.08. The molecule has 0 unspecified atom stereocenters. The number of hydrogen-bond donors (Lipinski definition) is 2. The maximum Gasteiger partial charge on any atom is 0.152 e. The molecule has 0 aliphatic rings. The third kappa shape index (κ3) is 3.05. The lowest BCUT2D eigenvalue weighted by atomic mass is 10.2. The molecule has 0 aliphatic carbocycles. The average Bonchev–Trinajstić information content (AvgIpc) is 2.83. The van der Waals surface area contributed by atoms with Gasteiger partial charge in [-0.2, -0.15) is 0 Å². The Hall–Kier alpha value is -2.02. The maximum atomic E-state index is 13.7. The van der Waals surface area contributed by atoms with Crippen LogP contribution < -0.4 is 11.1 Å². The summed E-state index contributed by atoms with van der Waals surface area (Å²) in [5.74, 6) is 0.357. The summed E-state index contributed by atoms with van der Waals surface area (Å²) >= 11 is 4.75. The van der Waals surface area contributed by atoms with E-state index < -0.39 is 5.82 Å². The normalized spacial score (nSPS) is 10.4. The van der Waals surface area contributed by atoms with Crippen molar-refractivity contribution in [3.63, 3.8) is 0 Å². The van der Waals surface area contributed by atoms with Gasteiger partial charge in [-0.05, 0) is 25.1 Å². The van der Waals surface area contributed by atoms with Crippen molar-refractivity contribution in [1.82, 2.24) is 14.8 Å². The van der Waals surface area contributed by atoms with Crippen molar-refractivity contribution in [3.05, 3.63) is 41.7 Å². The van der Waals surface area contributed by atoms with Crippen LogP contribution in [-0.2, 0) is 13.1 Å². The van der Waals surface area contributed by atoms with Gasteiger partial charge < -0.3 is 15.6 Å². The number of benzene rings is 1. The van der Waals surface area contributed by atoms with E-state index in [0.717, 1.165) is 12.4 Å². The molecule has 0 saturated carbocycles. The molecule has 0 atom stereocenters. The molecule has 2 rings (SSSR count). The van der Waals surface area contributed by atoms with Crippen LogP contribution in [0.2, 0.25) is 0 Å². The van der Waals surface area contributed by atoms with E-state index in [9.17, 15) is 4.39 Å². The van der Waals surface area contributed by atoms with Crippen molar-refractivity contribution >= 4 is 22.9 Å². The first-order valence-corrected chi connectivity index (χ1v) is 6.22. The molecule has 0 spiro atoms. The summed E-state index contributed by atoms with van der Waals surface area (Å²) in [7, 11) is 0. The Morgan fingerprint density at radius 3 is 2.95 bits per heavy atom. The summed E-state index contributed by atoms with van der Waals surface area (Å²) in [6, 6.07) is 4.65. The topological polar surface area (TPSA) is 68.8 Å². The van der Waals surface area contributed by atoms with Gasteiger partial charge >= 0.3 is 0 Å². The minimum absolute atomic E-state index is 0.0507. The second-order valence-electron chi connectivity index (χ2n) is 3.95. The van der Waals surface area contributed by atoms with Gasteiger partial charge in [-0.1, -0.05) is 12.2 Å². The van der Waals surface area contributed by atoms with E-state index in [2.05, 4.69) is 15.5 Å².